The van der Waals surface area contributed by atoms with Crippen LogP contribution in [0.3, 0.4) is 0 Å². The number of anilines is 1. The molecule has 1 heterocycles. The molecule has 5 heteroatoms. The molecule has 0 aliphatic carbocycles. The molecule has 0 saturated carbocycles. The van der Waals surface area contributed by atoms with Gasteiger partial charge in [0.1, 0.15) is 0 Å². The Bertz CT molecular complexity index is 505. The number of nitrogen functional groups attached to an aromatic ring is 1. The van der Waals surface area contributed by atoms with E-state index in [4.69, 9.17) is 5.73 Å². The summed E-state index contributed by atoms with van der Waals surface area (Å²) in [6.07, 6.45) is 3.43. The van der Waals surface area contributed by atoms with Gasteiger partial charge in [0.05, 0.1) is 11.3 Å². The Labute approximate surface area is 92.9 Å². The normalized spacial score (nSPS) is 10.1. The van der Waals surface area contributed by atoms with E-state index in [1.807, 2.05) is 0 Å². The van der Waals surface area contributed by atoms with Crippen molar-refractivity contribution in [2.24, 2.45) is 0 Å². The quantitative estimate of drug-likeness (QED) is 0.730. The van der Waals surface area contributed by atoms with Gasteiger partial charge in [-0.05, 0) is 24.3 Å². The largest absolute Gasteiger partial charge is 0.399 e. The number of benzene rings is 1. The molecule has 0 spiro atoms. The van der Waals surface area contributed by atoms with Crippen molar-refractivity contribution < 1.29 is 4.79 Å². The fourth-order valence-electron chi connectivity index (χ4n) is 1.48. The number of aromatic nitrogens is 2. The Morgan fingerprint density at radius 1 is 1.50 bits per heavy atom. The third-order valence-electron chi connectivity index (χ3n) is 2.24. The smallest absolute Gasteiger partial charge is 0.253 e. The number of rotatable bonds is 2. The maximum absolute atomic E-state index is 11.7. The van der Waals surface area contributed by atoms with E-state index >= 15 is 0 Å². The van der Waals surface area contributed by atoms with Crippen LogP contribution >= 0.6 is 0 Å². The summed E-state index contributed by atoms with van der Waals surface area (Å²) in [5.41, 5.74) is 7.43. The zero-order valence-electron chi connectivity index (χ0n) is 8.84. The van der Waals surface area contributed by atoms with E-state index < -0.39 is 0 Å². The van der Waals surface area contributed by atoms with Crippen molar-refractivity contribution in [2.75, 3.05) is 12.8 Å². The van der Waals surface area contributed by atoms with Crippen LogP contribution in [0.25, 0.3) is 5.69 Å². The van der Waals surface area contributed by atoms with E-state index in [9.17, 15) is 4.79 Å². The molecule has 16 heavy (non-hydrogen) atoms. The lowest BCUT2D eigenvalue weighted by atomic mass is 10.1. The number of nitrogens with one attached hydrogen (secondary N) is 1. The molecule has 0 aliphatic rings. The van der Waals surface area contributed by atoms with Crippen LogP contribution in [0.2, 0.25) is 0 Å². The first kappa shape index (κ1) is 10.2. The molecular formula is C11H12N4O. The number of carbonyl (C=O) groups is 1. The summed E-state index contributed by atoms with van der Waals surface area (Å²) in [5.74, 6) is -0.183. The van der Waals surface area contributed by atoms with Gasteiger partial charge in [0.25, 0.3) is 5.91 Å². The zero-order valence-corrected chi connectivity index (χ0v) is 8.84. The van der Waals surface area contributed by atoms with Crippen molar-refractivity contribution in [1.29, 1.82) is 0 Å². The third kappa shape index (κ3) is 1.75. The second-order valence-electron chi connectivity index (χ2n) is 3.31. The van der Waals surface area contributed by atoms with Gasteiger partial charge in [-0.15, -0.1) is 0 Å². The topological polar surface area (TPSA) is 72.9 Å². The number of nitrogens with two attached hydrogens (primary N) is 1. The Balaban J connectivity index is 2.57. The molecule has 0 fully saturated rings. The molecule has 5 nitrogen and oxygen atoms in total. The molecule has 0 radical (unpaired) electrons. The first-order valence-corrected chi connectivity index (χ1v) is 4.84. The molecule has 0 unspecified atom stereocenters. The first-order valence-electron chi connectivity index (χ1n) is 4.84. The molecule has 1 amide bonds. The van der Waals surface area contributed by atoms with E-state index in [1.54, 1.807) is 48.4 Å². The van der Waals surface area contributed by atoms with Gasteiger partial charge in [-0.2, -0.15) is 5.10 Å². The summed E-state index contributed by atoms with van der Waals surface area (Å²) in [5, 5.41) is 6.66. The lowest BCUT2D eigenvalue weighted by Gasteiger charge is -2.09. The Kier molecular flexibility index (Phi) is 2.59. The number of nitrogens with zero attached hydrogens (tertiary/aromatic N) is 2. The lowest BCUT2D eigenvalue weighted by Crippen LogP contribution is -2.20. The zero-order chi connectivity index (χ0) is 11.5. The standard InChI is InChI=1S/C11H12N4O/c1-13-11(16)9-7-8(12)3-4-10(9)15-6-2-5-14-15/h2-7H,12H2,1H3,(H,13,16). The maximum Gasteiger partial charge on any atom is 0.253 e. The van der Waals surface area contributed by atoms with Crippen LogP contribution in [0.4, 0.5) is 5.69 Å². The number of carbonyl (C=O) groups excluding carboxylic acids is 1. The van der Waals surface area contributed by atoms with Crippen molar-refractivity contribution in [1.82, 2.24) is 15.1 Å². The van der Waals surface area contributed by atoms with Gasteiger partial charge in [0.2, 0.25) is 0 Å². The fourth-order valence-corrected chi connectivity index (χ4v) is 1.48. The summed E-state index contributed by atoms with van der Waals surface area (Å²) in [4.78, 5) is 11.7. The second kappa shape index (κ2) is 4.06. The molecule has 0 bridgehead atoms. The van der Waals surface area contributed by atoms with Gasteiger partial charge in [-0.25, -0.2) is 4.68 Å². The molecule has 82 valence electrons. The Morgan fingerprint density at radius 3 is 2.94 bits per heavy atom. The Morgan fingerprint density at radius 2 is 2.31 bits per heavy atom. The van der Waals surface area contributed by atoms with Gasteiger partial charge in [0, 0.05) is 25.1 Å². The number of amides is 1. The van der Waals surface area contributed by atoms with Crippen molar-refractivity contribution >= 4 is 11.6 Å². The van der Waals surface area contributed by atoms with Gasteiger partial charge >= 0.3 is 0 Å². The lowest BCUT2D eigenvalue weighted by molar-refractivity contribution is 0.0963. The van der Waals surface area contributed by atoms with E-state index in [1.165, 1.54) is 0 Å². The van der Waals surface area contributed by atoms with E-state index in [-0.39, 0.29) is 5.91 Å². The molecule has 1 aromatic carbocycles. The highest BCUT2D eigenvalue weighted by molar-refractivity contribution is 5.98. The molecule has 0 atom stereocenters. The van der Waals surface area contributed by atoms with E-state index in [0.717, 1.165) is 0 Å². The first-order chi connectivity index (χ1) is 7.72. The van der Waals surface area contributed by atoms with Crippen molar-refractivity contribution in [2.45, 2.75) is 0 Å². The third-order valence-corrected chi connectivity index (χ3v) is 2.24. The predicted molar refractivity (Wildman–Crippen MR) is 61.4 cm³/mol. The minimum Gasteiger partial charge on any atom is -0.399 e. The van der Waals surface area contributed by atoms with Crippen LogP contribution in [-0.2, 0) is 0 Å². The minimum absolute atomic E-state index is 0.183. The monoisotopic (exact) mass is 216 g/mol. The van der Waals surface area contributed by atoms with Crippen LogP contribution in [0.15, 0.2) is 36.7 Å². The van der Waals surface area contributed by atoms with Gasteiger partial charge in [0.15, 0.2) is 0 Å². The second-order valence-corrected chi connectivity index (χ2v) is 3.31. The highest BCUT2D eigenvalue weighted by Crippen LogP contribution is 2.17. The van der Waals surface area contributed by atoms with Crippen molar-refractivity contribution in [3.05, 3.63) is 42.2 Å². The number of hydrogen-bond acceptors (Lipinski definition) is 3. The van der Waals surface area contributed by atoms with Gasteiger partial charge in [-0.1, -0.05) is 0 Å². The highest BCUT2D eigenvalue weighted by atomic mass is 16.1. The van der Waals surface area contributed by atoms with Crippen LogP contribution in [0, 0.1) is 0 Å². The highest BCUT2D eigenvalue weighted by Gasteiger charge is 2.11. The summed E-state index contributed by atoms with van der Waals surface area (Å²) >= 11 is 0. The molecule has 0 aliphatic heterocycles. The van der Waals surface area contributed by atoms with E-state index in [2.05, 4.69) is 10.4 Å². The van der Waals surface area contributed by atoms with Crippen LogP contribution in [-0.4, -0.2) is 22.7 Å². The average Bonchev–Trinajstić information content (AvgIpc) is 2.81. The molecule has 3 N–H and O–H groups in total. The fraction of sp³-hybridized carbons (Fsp3) is 0.0909. The van der Waals surface area contributed by atoms with Crippen molar-refractivity contribution in [3.63, 3.8) is 0 Å². The molecule has 0 saturated heterocycles. The van der Waals surface area contributed by atoms with Crippen molar-refractivity contribution in [3.8, 4) is 5.69 Å². The van der Waals surface area contributed by atoms with Crippen LogP contribution in [0.5, 0.6) is 0 Å². The Hall–Kier alpha value is -2.30. The number of hydrogen-bond donors (Lipinski definition) is 2. The van der Waals surface area contributed by atoms with Crippen LogP contribution < -0.4 is 11.1 Å². The molecule has 2 aromatic rings. The predicted octanol–water partition coefficient (Wildman–Crippen LogP) is 0.814. The summed E-state index contributed by atoms with van der Waals surface area (Å²) in [6.45, 7) is 0. The van der Waals surface area contributed by atoms with E-state index in [0.29, 0.717) is 16.9 Å². The molecular weight excluding hydrogens is 204 g/mol. The summed E-state index contributed by atoms with van der Waals surface area (Å²) in [7, 11) is 1.58. The molecule has 2 rings (SSSR count). The summed E-state index contributed by atoms with van der Waals surface area (Å²) < 4.78 is 1.63. The average molecular weight is 216 g/mol. The summed E-state index contributed by atoms with van der Waals surface area (Å²) in [6, 6.07) is 6.94. The van der Waals surface area contributed by atoms with Gasteiger partial charge in [-0.3, -0.25) is 4.79 Å². The minimum atomic E-state index is -0.183. The molecule has 1 aromatic heterocycles. The van der Waals surface area contributed by atoms with Gasteiger partial charge < -0.3 is 11.1 Å². The maximum atomic E-state index is 11.7. The SMILES string of the molecule is CNC(=O)c1cc(N)ccc1-n1cccn1. The van der Waals surface area contributed by atoms with Crippen LogP contribution in [0.1, 0.15) is 10.4 Å².